The van der Waals surface area contributed by atoms with E-state index in [4.69, 9.17) is 9.47 Å². The van der Waals surface area contributed by atoms with Crippen molar-refractivity contribution in [2.75, 3.05) is 25.1 Å². The third kappa shape index (κ3) is 4.02. The van der Waals surface area contributed by atoms with Crippen LogP contribution in [0.2, 0.25) is 0 Å². The summed E-state index contributed by atoms with van der Waals surface area (Å²) in [6.45, 7) is 4.78. The summed E-state index contributed by atoms with van der Waals surface area (Å²) in [6, 6.07) is 7.81. The molecule has 1 atom stereocenters. The van der Waals surface area contributed by atoms with Crippen LogP contribution in [-0.4, -0.2) is 59.9 Å². The molecule has 1 aliphatic rings. The van der Waals surface area contributed by atoms with Gasteiger partial charge in [-0.2, -0.15) is 10.2 Å². The van der Waals surface area contributed by atoms with E-state index in [0.29, 0.717) is 36.2 Å². The third-order valence-corrected chi connectivity index (χ3v) is 5.44. The van der Waals surface area contributed by atoms with Gasteiger partial charge in [0, 0.05) is 49.7 Å². The SMILES string of the molecule is Cc1cc(Nc2cc3cc(-c4c(OCC5(O)CCOC5)cnn4C)ccn3n2)nc(C)n1. The standard InChI is InChI=1S/C22H25N7O3/c1-14-8-19(25-15(2)24-14)26-20-10-17-9-16(4-6-29(17)27-20)21-18(11-23-28(21)3)32-13-22(30)5-7-31-12-22/h4,6,8-11,30H,5,7,12-13H2,1-3H3,(H,24,25,26,27). The molecule has 32 heavy (non-hydrogen) atoms. The van der Waals surface area contributed by atoms with Gasteiger partial charge in [-0.1, -0.05) is 0 Å². The van der Waals surface area contributed by atoms with Gasteiger partial charge in [0.05, 0.1) is 18.3 Å². The molecular weight excluding hydrogens is 410 g/mol. The number of nitrogens with one attached hydrogen (secondary N) is 1. The van der Waals surface area contributed by atoms with E-state index in [-0.39, 0.29) is 13.2 Å². The number of aromatic nitrogens is 6. The fourth-order valence-corrected chi connectivity index (χ4v) is 3.89. The number of anilines is 2. The number of hydrogen-bond donors (Lipinski definition) is 2. The maximum Gasteiger partial charge on any atom is 0.165 e. The maximum atomic E-state index is 10.5. The van der Waals surface area contributed by atoms with Crippen LogP contribution in [0.5, 0.6) is 5.75 Å². The minimum Gasteiger partial charge on any atom is -0.487 e. The molecule has 10 heteroatoms. The first-order valence-electron chi connectivity index (χ1n) is 10.4. The highest BCUT2D eigenvalue weighted by Crippen LogP contribution is 2.32. The zero-order chi connectivity index (χ0) is 22.3. The molecule has 0 saturated carbocycles. The van der Waals surface area contributed by atoms with Crippen LogP contribution in [-0.2, 0) is 11.8 Å². The molecule has 1 unspecified atom stereocenters. The van der Waals surface area contributed by atoms with Crippen LogP contribution in [0.15, 0.2) is 36.7 Å². The highest BCUT2D eigenvalue weighted by Gasteiger charge is 2.33. The van der Waals surface area contributed by atoms with Crippen LogP contribution in [0.3, 0.4) is 0 Å². The summed E-state index contributed by atoms with van der Waals surface area (Å²) >= 11 is 0. The van der Waals surface area contributed by atoms with E-state index in [9.17, 15) is 5.11 Å². The van der Waals surface area contributed by atoms with Gasteiger partial charge in [-0.3, -0.25) is 4.68 Å². The average molecular weight is 435 g/mol. The summed E-state index contributed by atoms with van der Waals surface area (Å²) in [5.74, 6) is 2.71. The Morgan fingerprint density at radius 2 is 2.09 bits per heavy atom. The molecule has 1 saturated heterocycles. The lowest BCUT2D eigenvalue weighted by atomic mass is 10.1. The van der Waals surface area contributed by atoms with Gasteiger partial charge in [-0.25, -0.2) is 14.5 Å². The second-order valence-corrected chi connectivity index (χ2v) is 8.18. The number of rotatable bonds is 6. The van der Waals surface area contributed by atoms with Crippen LogP contribution >= 0.6 is 0 Å². The first kappa shape index (κ1) is 20.4. The molecule has 4 aromatic rings. The van der Waals surface area contributed by atoms with Crippen LogP contribution in [0.1, 0.15) is 17.9 Å². The topological polar surface area (TPSA) is 112 Å². The summed E-state index contributed by atoms with van der Waals surface area (Å²) in [5.41, 5.74) is 2.60. The van der Waals surface area contributed by atoms with Gasteiger partial charge in [0.15, 0.2) is 11.6 Å². The Labute approximate surface area is 184 Å². The van der Waals surface area contributed by atoms with E-state index < -0.39 is 5.60 Å². The molecule has 0 aliphatic carbocycles. The van der Waals surface area contributed by atoms with Crippen LogP contribution in [0, 0.1) is 13.8 Å². The Bertz CT molecular complexity index is 1250. The quantitative estimate of drug-likeness (QED) is 0.475. The van der Waals surface area contributed by atoms with E-state index in [1.54, 1.807) is 15.4 Å². The summed E-state index contributed by atoms with van der Waals surface area (Å²) < 4.78 is 14.8. The van der Waals surface area contributed by atoms with E-state index in [0.717, 1.165) is 22.5 Å². The molecular formula is C22H25N7O3. The number of ether oxygens (including phenoxy) is 2. The predicted molar refractivity (Wildman–Crippen MR) is 118 cm³/mol. The van der Waals surface area contributed by atoms with Crippen molar-refractivity contribution >= 4 is 17.2 Å². The van der Waals surface area contributed by atoms with Gasteiger partial charge in [0.25, 0.3) is 0 Å². The molecule has 2 N–H and O–H groups in total. The molecule has 10 nitrogen and oxygen atoms in total. The molecule has 5 rings (SSSR count). The van der Waals surface area contributed by atoms with Crippen LogP contribution in [0.25, 0.3) is 16.8 Å². The summed E-state index contributed by atoms with van der Waals surface area (Å²) in [7, 11) is 1.86. The fraction of sp³-hybridized carbons (Fsp3) is 0.364. The Morgan fingerprint density at radius 1 is 1.22 bits per heavy atom. The van der Waals surface area contributed by atoms with Gasteiger partial charge in [0.1, 0.15) is 29.5 Å². The Hall–Kier alpha value is -3.50. The predicted octanol–water partition coefficient (Wildman–Crippen LogP) is 2.42. The number of aliphatic hydroxyl groups is 1. The molecule has 0 radical (unpaired) electrons. The van der Waals surface area contributed by atoms with E-state index in [2.05, 4.69) is 25.5 Å². The molecule has 0 amide bonds. The van der Waals surface area contributed by atoms with Gasteiger partial charge < -0.3 is 19.9 Å². The summed E-state index contributed by atoms with van der Waals surface area (Å²) in [4.78, 5) is 8.71. The van der Waals surface area contributed by atoms with Crippen LogP contribution < -0.4 is 10.1 Å². The molecule has 0 bridgehead atoms. The fourth-order valence-electron chi connectivity index (χ4n) is 3.89. The smallest absolute Gasteiger partial charge is 0.165 e. The average Bonchev–Trinajstić information content (AvgIpc) is 3.43. The van der Waals surface area contributed by atoms with E-state index in [1.165, 1.54) is 0 Å². The molecule has 0 aromatic carbocycles. The molecule has 4 aromatic heterocycles. The number of hydrogen-bond acceptors (Lipinski definition) is 8. The second-order valence-electron chi connectivity index (χ2n) is 8.18. The van der Waals surface area contributed by atoms with E-state index >= 15 is 0 Å². The number of pyridine rings is 1. The largest absolute Gasteiger partial charge is 0.487 e. The number of nitrogens with zero attached hydrogens (tertiary/aromatic N) is 6. The Balaban J connectivity index is 1.41. The first-order chi connectivity index (χ1) is 15.4. The van der Waals surface area contributed by atoms with Crippen molar-refractivity contribution in [3.8, 4) is 17.0 Å². The Kier molecular flexibility index (Phi) is 5.03. The minimum absolute atomic E-state index is 0.159. The first-order valence-corrected chi connectivity index (χ1v) is 10.4. The lowest BCUT2D eigenvalue weighted by Gasteiger charge is -2.20. The van der Waals surface area contributed by atoms with Crippen molar-refractivity contribution in [2.45, 2.75) is 25.9 Å². The normalized spacial score (nSPS) is 18.4. The zero-order valence-electron chi connectivity index (χ0n) is 18.2. The van der Waals surface area contributed by atoms with Crippen molar-refractivity contribution < 1.29 is 14.6 Å². The van der Waals surface area contributed by atoms with E-state index in [1.807, 2.05) is 51.4 Å². The molecule has 5 heterocycles. The monoisotopic (exact) mass is 435 g/mol. The number of aryl methyl sites for hydroxylation is 3. The lowest BCUT2D eigenvalue weighted by molar-refractivity contribution is -0.0116. The highest BCUT2D eigenvalue weighted by molar-refractivity contribution is 5.72. The van der Waals surface area contributed by atoms with Crippen LogP contribution in [0.4, 0.5) is 11.6 Å². The van der Waals surface area contributed by atoms with Crippen molar-refractivity contribution in [2.24, 2.45) is 7.05 Å². The third-order valence-electron chi connectivity index (χ3n) is 5.44. The second kappa shape index (κ2) is 7.88. The highest BCUT2D eigenvalue weighted by atomic mass is 16.5. The molecule has 166 valence electrons. The number of fused-ring (bicyclic) bond motifs is 1. The summed E-state index contributed by atoms with van der Waals surface area (Å²) in [5, 5.41) is 22.7. The molecule has 0 spiro atoms. The van der Waals surface area contributed by atoms with Crippen molar-refractivity contribution in [1.29, 1.82) is 0 Å². The van der Waals surface area contributed by atoms with Crippen molar-refractivity contribution in [3.63, 3.8) is 0 Å². The Morgan fingerprint density at radius 3 is 2.88 bits per heavy atom. The van der Waals surface area contributed by atoms with Gasteiger partial charge in [-0.15, -0.1) is 0 Å². The van der Waals surface area contributed by atoms with Gasteiger partial charge >= 0.3 is 0 Å². The minimum atomic E-state index is -0.958. The van der Waals surface area contributed by atoms with Crippen molar-refractivity contribution in [3.05, 3.63) is 48.2 Å². The van der Waals surface area contributed by atoms with Gasteiger partial charge in [0.2, 0.25) is 0 Å². The molecule has 1 aliphatic heterocycles. The lowest BCUT2D eigenvalue weighted by Crippen LogP contribution is -2.36. The summed E-state index contributed by atoms with van der Waals surface area (Å²) in [6.07, 6.45) is 4.12. The van der Waals surface area contributed by atoms with Gasteiger partial charge in [-0.05, 0) is 26.0 Å². The van der Waals surface area contributed by atoms with Crippen molar-refractivity contribution in [1.82, 2.24) is 29.4 Å². The maximum absolute atomic E-state index is 10.5. The zero-order valence-corrected chi connectivity index (χ0v) is 18.2. The molecule has 1 fully saturated rings.